The van der Waals surface area contributed by atoms with Crippen LogP contribution in [0.2, 0.25) is 0 Å². The molecule has 10 heteroatoms. The molecule has 50 heavy (non-hydrogen) atoms. The fourth-order valence-electron chi connectivity index (χ4n) is 6.96. The van der Waals surface area contributed by atoms with E-state index >= 15 is 0 Å². The molecule has 10 nitrogen and oxygen atoms in total. The number of H-pyrrole nitrogens is 2. The van der Waals surface area contributed by atoms with Crippen LogP contribution in [-0.2, 0) is 27.3 Å². The summed E-state index contributed by atoms with van der Waals surface area (Å²) in [4.78, 5) is 53.9. The molecule has 2 N–H and O–H groups in total. The van der Waals surface area contributed by atoms with Gasteiger partial charge in [-0.15, -0.1) is 0 Å². The van der Waals surface area contributed by atoms with Crippen LogP contribution in [0.4, 0.5) is 9.59 Å². The number of carbonyl (C=O) groups excluding carboxylic acids is 3. The molecule has 2 aliphatic heterocycles. The van der Waals surface area contributed by atoms with Gasteiger partial charge in [0.1, 0.15) is 18.0 Å². The van der Waals surface area contributed by atoms with Crippen molar-refractivity contribution in [2.75, 3.05) is 13.1 Å². The lowest BCUT2D eigenvalue weighted by Crippen LogP contribution is -2.43. The van der Waals surface area contributed by atoms with Crippen molar-refractivity contribution in [1.82, 2.24) is 24.8 Å². The number of nitrogens with one attached hydrogen (secondary N) is 2. The van der Waals surface area contributed by atoms with Gasteiger partial charge in [0.2, 0.25) is 0 Å². The van der Waals surface area contributed by atoms with Crippen molar-refractivity contribution in [3.05, 3.63) is 102 Å². The number of Topliss-reactive ketones (excluding diaryl/α,β-unsaturated/α-hetero) is 1. The fraction of sp³-hybridized carbons (Fsp3) is 0.350. The number of likely N-dealkylation sites (tertiary alicyclic amines) is 2. The maximum Gasteiger partial charge on any atom is 0.410 e. The highest BCUT2D eigenvalue weighted by Gasteiger charge is 2.36. The molecule has 5 aromatic rings. The summed E-state index contributed by atoms with van der Waals surface area (Å²) < 4.78 is 11.2. The number of carbonyl (C=O) groups is 3. The van der Waals surface area contributed by atoms with E-state index in [1.165, 1.54) is 0 Å². The lowest BCUT2D eigenvalue weighted by molar-refractivity contribution is -0.122. The molecular weight excluding hydrogens is 630 g/mol. The van der Waals surface area contributed by atoms with Gasteiger partial charge in [0, 0.05) is 36.1 Å². The summed E-state index contributed by atoms with van der Waals surface area (Å²) in [6.45, 7) is 6.92. The Labute approximate surface area is 291 Å². The molecule has 2 amide bonds. The van der Waals surface area contributed by atoms with Gasteiger partial charge in [-0.1, -0.05) is 60.7 Å². The van der Waals surface area contributed by atoms with Gasteiger partial charge in [-0.25, -0.2) is 14.6 Å². The van der Waals surface area contributed by atoms with Gasteiger partial charge in [-0.2, -0.15) is 0 Å². The van der Waals surface area contributed by atoms with Crippen LogP contribution in [0.25, 0.3) is 33.4 Å². The molecule has 7 rings (SSSR count). The predicted octanol–water partition coefficient (Wildman–Crippen LogP) is 8.21. The van der Waals surface area contributed by atoms with Crippen LogP contribution in [0.1, 0.15) is 69.4 Å². The first-order valence-corrected chi connectivity index (χ1v) is 17.4. The molecule has 0 saturated carbocycles. The van der Waals surface area contributed by atoms with Crippen molar-refractivity contribution in [3.63, 3.8) is 0 Å². The molecule has 0 aliphatic carbocycles. The second kappa shape index (κ2) is 13.9. The lowest BCUT2D eigenvalue weighted by atomic mass is 10.0. The number of hydrogen-bond acceptors (Lipinski definition) is 6. The molecule has 258 valence electrons. The Morgan fingerprint density at radius 2 is 1.52 bits per heavy atom. The first-order chi connectivity index (χ1) is 24.1. The number of rotatable bonds is 8. The highest BCUT2D eigenvalue weighted by atomic mass is 16.6. The van der Waals surface area contributed by atoms with Gasteiger partial charge < -0.3 is 19.4 Å². The molecule has 0 radical (unpaired) electrons. The van der Waals surface area contributed by atoms with Crippen molar-refractivity contribution >= 4 is 28.9 Å². The maximum absolute atomic E-state index is 13.3. The van der Waals surface area contributed by atoms with Crippen molar-refractivity contribution in [3.8, 4) is 22.5 Å². The molecular formula is C40H43N5O5. The number of fused-ring (bicyclic) bond motifs is 1. The maximum atomic E-state index is 13.3. The van der Waals surface area contributed by atoms with E-state index in [1.807, 2.05) is 75.5 Å². The van der Waals surface area contributed by atoms with Crippen LogP contribution in [0.5, 0.6) is 0 Å². The van der Waals surface area contributed by atoms with Crippen LogP contribution in [-0.4, -0.2) is 67.5 Å². The average Bonchev–Trinajstić information content (AvgIpc) is 3.92. The fourth-order valence-corrected chi connectivity index (χ4v) is 6.96. The largest absolute Gasteiger partial charge is 0.445 e. The minimum Gasteiger partial charge on any atom is -0.445 e. The average molecular weight is 674 g/mol. The molecule has 4 heterocycles. The minimum absolute atomic E-state index is 0.0321. The van der Waals surface area contributed by atoms with Crippen LogP contribution in [0.3, 0.4) is 0 Å². The molecule has 2 fully saturated rings. The number of nitrogens with zero attached hydrogens (tertiary/aromatic N) is 3. The van der Waals surface area contributed by atoms with Crippen LogP contribution in [0.15, 0.2) is 85.1 Å². The van der Waals surface area contributed by atoms with Gasteiger partial charge in [0.05, 0.1) is 24.0 Å². The summed E-state index contributed by atoms with van der Waals surface area (Å²) in [6.07, 6.45) is 4.51. The molecule has 2 aliphatic rings. The highest BCUT2D eigenvalue weighted by Crippen LogP contribution is 2.33. The van der Waals surface area contributed by atoms with E-state index in [0.717, 1.165) is 69.6 Å². The highest BCUT2D eigenvalue weighted by molar-refractivity contribution is 5.92. The van der Waals surface area contributed by atoms with E-state index in [-0.39, 0.29) is 30.9 Å². The van der Waals surface area contributed by atoms with Gasteiger partial charge in [0.25, 0.3) is 0 Å². The Balaban J connectivity index is 0.992. The minimum atomic E-state index is -0.605. The van der Waals surface area contributed by atoms with Crippen molar-refractivity contribution in [2.24, 2.45) is 0 Å². The van der Waals surface area contributed by atoms with Crippen molar-refractivity contribution < 1.29 is 23.9 Å². The van der Waals surface area contributed by atoms with Gasteiger partial charge in [-0.05, 0) is 86.9 Å². The SMILES string of the molecule is CC(C)(C)OC(=O)N1CCCC1C(=O)Cc1ccc2[nH]c(-c3ccc(-c4cnc([C@@H]5CCCN5C(=O)OCc5ccccc5)[nH]4)cc3)cc2c1. The van der Waals surface area contributed by atoms with E-state index in [2.05, 4.69) is 45.3 Å². The molecule has 1 unspecified atom stereocenters. The Bertz CT molecular complexity index is 1990. The third-order valence-electron chi connectivity index (χ3n) is 9.43. The Kier molecular flexibility index (Phi) is 9.18. The predicted molar refractivity (Wildman–Crippen MR) is 191 cm³/mol. The number of aromatic amines is 2. The zero-order chi connectivity index (χ0) is 34.8. The zero-order valence-electron chi connectivity index (χ0n) is 28.8. The van der Waals surface area contributed by atoms with E-state index in [1.54, 1.807) is 9.80 Å². The summed E-state index contributed by atoms with van der Waals surface area (Å²) in [5.74, 6) is 0.790. The van der Waals surface area contributed by atoms with Crippen molar-refractivity contribution in [2.45, 2.75) is 77.2 Å². The number of aromatic nitrogens is 3. The number of ether oxygens (including phenoxy) is 2. The molecule has 0 bridgehead atoms. The third-order valence-corrected chi connectivity index (χ3v) is 9.43. The summed E-state index contributed by atoms with van der Waals surface area (Å²) >= 11 is 0. The second-order valence-corrected chi connectivity index (χ2v) is 14.2. The monoisotopic (exact) mass is 673 g/mol. The first-order valence-electron chi connectivity index (χ1n) is 17.4. The molecule has 2 atom stereocenters. The van der Waals surface area contributed by atoms with Crippen molar-refractivity contribution in [1.29, 1.82) is 0 Å². The van der Waals surface area contributed by atoms with Gasteiger partial charge in [-0.3, -0.25) is 14.6 Å². The number of imidazole rings is 1. The molecule has 2 aromatic heterocycles. The summed E-state index contributed by atoms with van der Waals surface area (Å²) in [5.41, 5.74) is 6.14. The molecule has 3 aromatic carbocycles. The number of amides is 2. The summed E-state index contributed by atoms with van der Waals surface area (Å²) in [5, 5.41) is 1.02. The normalized spacial score (nSPS) is 17.7. The zero-order valence-corrected chi connectivity index (χ0v) is 28.8. The summed E-state index contributed by atoms with van der Waals surface area (Å²) in [6, 6.07) is 25.5. The first kappa shape index (κ1) is 33.1. The van der Waals surface area contributed by atoms with E-state index in [0.29, 0.717) is 19.5 Å². The third kappa shape index (κ3) is 7.29. The standard InChI is InChI=1S/C40H43N5O5/c1-40(2,3)50-39(48)44-19-7-11-34(44)36(46)22-27-13-18-31-30(21-27)23-32(42-31)28-14-16-29(17-15-28)33-24-41-37(43-33)35-12-8-20-45(35)38(47)49-25-26-9-5-4-6-10-26/h4-6,9-10,13-18,21,23-24,34-35,42H,7-8,11-12,19-20,22,25H2,1-3H3,(H,41,43)/t34?,35-/m0/s1. The Hall–Kier alpha value is -5.38. The van der Waals surface area contributed by atoms with Crippen LogP contribution in [0, 0.1) is 0 Å². The van der Waals surface area contributed by atoms with Gasteiger partial charge in [0.15, 0.2) is 5.78 Å². The number of hydrogen-bond donors (Lipinski definition) is 2. The van der Waals surface area contributed by atoms with E-state index in [9.17, 15) is 14.4 Å². The smallest absolute Gasteiger partial charge is 0.410 e. The van der Waals surface area contributed by atoms with E-state index in [4.69, 9.17) is 9.47 Å². The van der Waals surface area contributed by atoms with E-state index < -0.39 is 17.7 Å². The number of benzene rings is 3. The topological polar surface area (TPSA) is 121 Å². The summed E-state index contributed by atoms with van der Waals surface area (Å²) in [7, 11) is 0. The van der Waals surface area contributed by atoms with Gasteiger partial charge >= 0.3 is 12.2 Å². The number of ketones is 1. The molecule has 0 spiro atoms. The quantitative estimate of drug-likeness (QED) is 0.171. The molecule has 2 saturated heterocycles. The Morgan fingerprint density at radius 3 is 2.28 bits per heavy atom. The van der Waals surface area contributed by atoms with Crippen LogP contribution < -0.4 is 0 Å². The Morgan fingerprint density at radius 1 is 0.800 bits per heavy atom. The van der Waals surface area contributed by atoms with Crippen LogP contribution >= 0.6 is 0 Å². The lowest BCUT2D eigenvalue weighted by Gasteiger charge is -2.28. The second-order valence-electron chi connectivity index (χ2n) is 14.2.